The summed E-state index contributed by atoms with van der Waals surface area (Å²) in [6.07, 6.45) is 1.80. The van der Waals surface area contributed by atoms with Crippen LogP contribution in [0.2, 0.25) is 5.02 Å². The Bertz CT molecular complexity index is 1120. The number of nitriles is 1. The predicted octanol–water partition coefficient (Wildman–Crippen LogP) is 3.24. The lowest BCUT2D eigenvalue weighted by atomic mass is 10.0. The van der Waals surface area contributed by atoms with Crippen LogP contribution in [0.5, 0.6) is 5.75 Å². The Hall–Kier alpha value is -3.73. The number of alkyl halides is 2. The number of guanidine groups is 1. The number of aryl methyl sites for hydroxylation is 1. The maximum absolute atomic E-state index is 12.5. The molecular formula is C20H16ClF2N6O+. The summed E-state index contributed by atoms with van der Waals surface area (Å²) < 4.78 is 33.3. The third kappa shape index (κ3) is 4.81. The Morgan fingerprint density at radius 1 is 1.40 bits per heavy atom. The van der Waals surface area contributed by atoms with E-state index in [0.717, 1.165) is 11.1 Å². The minimum absolute atomic E-state index is 0.0511. The minimum atomic E-state index is -2.95. The van der Waals surface area contributed by atoms with Gasteiger partial charge in [0.1, 0.15) is 12.3 Å². The molecule has 1 aliphatic rings. The number of rotatable bonds is 4. The third-order valence-electron chi connectivity index (χ3n) is 4.11. The van der Waals surface area contributed by atoms with Crippen molar-refractivity contribution in [1.29, 1.82) is 5.26 Å². The van der Waals surface area contributed by atoms with Crippen molar-refractivity contribution in [1.82, 2.24) is 15.0 Å². The van der Waals surface area contributed by atoms with Gasteiger partial charge in [0.2, 0.25) is 5.96 Å². The van der Waals surface area contributed by atoms with Gasteiger partial charge in [0.25, 0.3) is 6.72 Å². The van der Waals surface area contributed by atoms with Crippen molar-refractivity contribution >= 4 is 41.4 Å². The van der Waals surface area contributed by atoms with Crippen LogP contribution in [0.15, 0.2) is 52.6 Å². The molecule has 1 N–H and O–H groups in total. The van der Waals surface area contributed by atoms with E-state index in [4.69, 9.17) is 16.9 Å². The van der Waals surface area contributed by atoms with Gasteiger partial charge in [-0.25, -0.2) is 10.0 Å². The summed E-state index contributed by atoms with van der Waals surface area (Å²) in [4.78, 5) is 4.31. The molecule has 3 rings (SSSR count). The number of ether oxygens (including phenoxy) is 1. The van der Waals surface area contributed by atoms with Gasteiger partial charge in [0, 0.05) is 16.7 Å². The number of hydrogen-bond acceptors (Lipinski definition) is 4. The normalized spacial score (nSPS) is 13.7. The molecule has 2 aromatic carbocycles. The molecule has 1 aliphatic heterocycles. The van der Waals surface area contributed by atoms with E-state index in [1.807, 2.05) is 19.1 Å². The Balaban J connectivity index is 1.97. The molecule has 10 heteroatoms. The predicted molar refractivity (Wildman–Crippen MR) is 113 cm³/mol. The maximum Gasteiger partial charge on any atom is 0.387 e. The van der Waals surface area contributed by atoms with Gasteiger partial charge in [-0.2, -0.15) is 19.1 Å². The van der Waals surface area contributed by atoms with E-state index < -0.39 is 6.61 Å². The van der Waals surface area contributed by atoms with E-state index in [0.29, 0.717) is 22.1 Å². The van der Waals surface area contributed by atoms with Crippen LogP contribution in [0.3, 0.4) is 0 Å². The maximum atomic E-state index is 12.5. The zero-order valence-electron chi connectivity index (χ0n) is 15.8. The molecule has 0 saturated carbocycles. The van der Waals surface area contributed by atoms with Gasteiger partial charge >= 0.3 is 12.3 Å². The quantitative estimate of drug-likeness (QED) is 0.266. The van der Waals surface area contributed by atoms with Crippen LogP contribution in [0.1, 0.15) is 11.1 Å². The average Bonchev–Trinajstić information content (AvgIpc) is 3.14. The Labute approximate surface area is 176 Å². The van der Waals surface area contributed by atoms with E-state index in [-0.39, 0.29) is 18.3 Å². The standard InChI is InChI=1S/C20H16ClF2N6O/c1-12-8-13(6-7-16(12)21)18-17(25-2)10-29(28-18)20(26-11-24)27-14-4-3-5-15(9-14)30-19(22)23/h3-9,19H,2,10H2,1H3,(H,26,27)/q+1. The van der Waals surface area contributed by atoms with E-state index in [1.165, 1.54) is 23.2 Å². The second kappa shape index (κ2) is 9.18. The molecule has 0 amide bonds. The Morgan fingerprint density at radius 2 is 2.20 bits per heavy atom. The summed E-state index contributed by atoms with van der Waals surface area (Å²) in [6.45, 7) is 2.72. The molecule has 0 saturated heterocycles. The Kier molecular flexibility index (Phi) is 6.42. The van der Waals surface area contributed by atoms with Gasteiger partial charge in [0.05, 0.1) is 5.69 Å². The SMILES string of the molecule is C=[N+]=C1CN(C(=Nc2cccc(OC(F)F)c2)NC#N)N=C1c1ccc(Cl)c(C)c1. The molecule has 0 aliphatic carbocycles. The number of hydrazone groups is 1. The fraction of sp³-hybridized carbons (Fsp3) is 0.150. The number of hydrogen-bond donors (Lipinski definition) is 1. The summed E-state index contributed by atoms with van der Waals surface area (Å²) in [5.74, 6) is 0.0401. The zero-order chi connectivity index (χ0) is 21.7. The van der Waals surface area contributed by atoms with Crippen molar-refractivity contribution in [2.75, 3.05) is 6.54 Å². The molecule has 152 valence electrons. The molecule has 2 aromatic rings. The molecular weight excluding hydrogens is 414 g/mol. The zero-order valence-corrected chi connectivity index (χ0v) is 16.6. The molecule has 0 spiro atoms. The van der Waals surface area contributed by atoms with Crippen LogP contribution in [0.4, 0.5) is 14.5 Å². The van der Waals surface area contributed by atoms with Crippen molar-refractivity contribution in [3.8, 4) is 11.9 Å². The number of nitrogens with one attached hydrogen (secondary N) is 1. The largest absolute Gasteiger partial charge is 0.435 e. The monoisotopic (exact) mass is 429 g/mol. The van der Waals surface area contributed by atoms with Crippen LogP contribution in [0.25, 0.3) is 0 Å². The van der Waals surface area contributed by atoms with E-state index in [1.54, 1.807) is 18.3 Å². The minimum Gasteiger partial charge on any atom is -0.435 e. The van der Waals surface area contributed by atoms with E-state index in [2.05, 4.69) is 31.5 Å². The van der Waals surface area contributed by atoms with Gasteiger partial charge in [-0.1, -0.05) is 23.7 Å². The summed E-state index contributed by atoms with van der Waals surface area (Å²) in [6, 6.07) is 11.2. The van der Waals surface area contributed by atoms with Crippen molar-refractivity contribution in [3.63, 3.8) is 0 Å². The highest BCUT2D eigenvalue weighted by Gasteiger charge is 2.33. The van der Waals surface area contributed by atoms with Crippen molar-refractivity contribution in [2.45, 2.75) is 13.5 Å². The van der Waals surface area contributed by atoms with Gasteiger partial charge in [-0.15, -0.1) is 4.67 Å². The summed E-state index contributed by atoms with van der Waals surface area (Å²) >= 11 is 6.10. The first-order valence-corrected chi connectivity index (χ1v) is 9.03. The average molecular weight is 430 g/mol. The van der Waals surface area contributed by atoms with Crippen LogP contribution >= 0.6 is 11.6 Å². The van der Waals surface area contributed by atoms with Gasteiger partial charge in [0.15, 0.2) is 11.9 Å². The summed E-state index contributed by atoms with van der Waals surface area (Å²) in [5, 5.41) is 18.2. The molecule has 1 heterocycles. The first-order chi connectivity index (χ1) is 14.4. The van der Waals surface area contributed by atoms with Crippen molar-refractivity contribution in [2.24, 2.45) is 10.1 Å². The smallest absolute Gasteiger partial charge is 0.387 e. The molecule has 0 atom stereocenters. The van der Waals surface area contributed by atoms with Crippen molar-refractivity contribution in [3.05, 3.63) is 58.6 Å². The van der Waals surface area contributed by atoms with Gasteiger partial charge in [-0.3, -0.25) is 5.32 Å². The van der Waals surface area contributed by atoms with Crippen LogP contribution in [0, 0.1) is 18.4 Å². The van der Waals surface area contributed by atoms with Crippen LogP contribution in [-0.2, 0) is 0 Å². The lowest BCUT2D eigenvalue weighted by Crippen LogP contribution is -2.35. The van der Waals surface area contributed by atoms with Crippen LogP contribution in [-0.4, -0.2) is 42.3 Å². The highest BCUT2D eigenvalue weighted by atomic mass is 35.5. The topological polar surface area (TPSA) is 87.1 Å². The molecule has 0 aromatic heterocycles. The second-order valence-electron chi connectivity index (χ2n) is 6.12. The molecule has 0 radical (unpaired) electrons. The number of benzene rings is 2. The molecule has 7 nitrogen and oxygen atoms in total. The number of nitrogens with zero attached hydrogens (tertiary/aromatic N) is 5. The molecule has 0 unspecified atom stereocenters. The summed E-state index contributed by atoms with van der Waals surface area (Å²) in [5.41, 5.74) is 3.10. The first-order valence-electron chi connectivity index (χ1n) is 8.65. The Morgan fingerprint density at radius 3 is 2.87 bits per heavy atom. The molecule has 0 fully saturated rings. The van der Waals surface area contributed by atoms with Crippen LogP contribution < -0.4 is 14.7 Å². The fourth-order valence-electron chi connectivity index (χ4n) is 2.75. The van der Waals surface area contributed by atoms with Gasteiger partial charge < -0.3 is 4.74 Å². The summed E-state index contributed by atoms with van der Waals surface area (Å²) in [7, 11) is 0. The lowest BCUT2D eigenvalue weighted by Gasteiger charge is -2.13. The fourth-order valence-corrected chi connectivity index (χ4v) is 2.86. The highest BCUT2D eigenvalue weighted by molar-refractivity contribution is 6.50. The molecule has 0 bridgehead atoms. The highest BCUT2D eigenvalue weighted by Crippen LogP contribution is 2.23. The van der Waals surface area contributed by atoms with Gasteiger partial charge in [-0.05, 0) is 36.8 Å². The second-order valence-corrected chi connectivity index (χ2v) is 6.53. The molecule has 30 heavy (non-hydrogen) atoms. The first kappa shape index (κ1) is 21.0. The van der Waals surface area contributed by atoms with E-state index in [9.17, 15) is 8.78 Å². The number of halogens is 3. The lowest BCUT2D eigenvalue weighted by molar-refractivity contribution is -0.0498. The van der Waals surface area contributed by atoms with Crippen molar-refractivity contribution < 1.29 is 13.5 Å². The number of aliphatic imine (C=N–C) groups is 1. The van der Waals surface area contributed by atoms with E-state index >= 15 is 0 Å². The third-order valence-corrected chi connectivity index (χ3v) is 4.53.